The second kappa shape index (κ2) is 9.05. The van der Waals surface area contributed by atoms with Gasteiger partial charge in [0.15, 0.2) is 6.10 Å². The number of rotatable bonds is 6. The monoisotopic (exact) mass is 350 g/mol. The van der Waals surface area contributed by atoms with Crippen LogP contribution in [-0.4, -0.2) is 37.7 Å². The van der Waals surface area contributed by atoms with Crippen molar-refractivity contribution in [2.45, 2.75) is 45.6 Å². The highest BCUT2D eigenvalue weighted by molar-refractivity contribution is 5.96. The first kappa shape index (κ1) is 20.5. The Morgan fingerprint density at radius 2 is 1.72 bits per heavy atom. The van der Waals surface area contributed by atoms with Crippen molar-refractivity contribution in [3.8, 4) is 5.75 Å². The molecule has 1 aromatic rings. The molecule has 0 radical (unpaired) electrons. The predicted octanol–water partition coefficient (Wildman–Crippen LogP) is 2.14. The van der Waals surface area contributed by atoms with E-state index in [1.807, 2.05) is 29.6 Å². The molecule has 0 aliphatic rings. The van der Waals surface area contributed by atoms with Gasteiger partial charge in [-0.25, -0.2) is 4.79 Å². The molecule has 0 bridgehead atoms. The van der Waals surface area contributed by atoms with E-state index in [-0.39, 0.29) is 18.4 Å². The number of imide groups is 1. The first-order valence-electron chi connectivity index (χ1n) is 8.09. The molecule has 1 atom stereocenters. The Labute approximate surface area is 148 Å². The Balaban J connectivity index is 2.37. The molecule has 0 aliphatic carbocycles. The van der Waals surface area contributed by atoms with Crippen molar-refractivity contribution in [3.63, 3.8) is 0 Å². The molecule has 3 amide bonds. The number of urea groups is 1. The molecular formula is C18H26N2O5. The van der Waals surface area contributed by atoms with Crippen LogP contribution in [0.15, 0.2) is 24.3 Å². The Morgan fingerprint density at radius 3 is 2.24 bits per heavy atom. The van der Waals surface area contributed by atoms with Gasteiger partial charge in [-0.15, -0.1) is 0 Å². The number of hydrogen-bond donors (Lipinski definition) is 2. The van der Waals surface area contributed by atoms with Crippen molar-refractivity contribution >= 4 is 17.9 Å². The van der Waals surface area contributed by atoms with Crippen LogP contribution in [0.25, 0.3) is 0 Å². The van der Waals surface area contributed by atoms with Gasteiger partial charge in [-0.2, -0.15) is 0 Å². The maximum atomic E-state index is 11.7. The molecular weight excluding hydrogens is 324 g/mol. The van der Waals surface area contributed by atoms with Crippen molar-refractivity contribution in [3.05, 3.63) is 29.8 Å². The van der Waals surface area contributed by atoms with Gasteiger partial charge in [-0.1, -0.05) is 32.9 Å². The standard InChI is InChI=1S/C18H26N2O5/c1-12(16(22)20-17(23)19-5)25-15(21)10-11-24-14-8-6-13(7-9-14)18(2,3)4/h6-9,12H,10-11H2,1-5H3,(H2,19,20,22,23)/t12-/m0/s1. The van der Waals surface area contributed by atoms with Gasteiger partial charge in [0, 0.05) is 7.05 Å². The van der Waals surface area contributed by atoms with Crippen LogP contribution in [0, 0.1) is 0 Å². The average Bonchev–Trinajstić information content (AvgIpc) is 2.54. The summed E-state index contributed by atoms with van der Waals surface area (Å²) >= 11 is 0. The molecule has 0 aliphatic heterocycles. The largest absolute Gasteiger partial charge is 0.493 e. The van der Waals surface area contributed by atoms with E-state index >= 15 is 0 Å². The molecule has 138 valence electrons. The van der Waals surface area contributed by atoms with Crippen molar-refractivity contribution < 1.29 is 23.9 Å². The van der Waals surface area contributed by atoms with E-state index in [2.05, 4.69) is 26.1 Å². The number of carbonyl (C=O) groups excluding carboxylic acids is 3. The van der Waals surface area contributed by atoms with E-state index in [9.17, 15) is 14.4 Å². The summed E-state index contributed by atoms with van der Waals surface area (Å²) in [7, 11) is 1.38. The first-order chi connectivity index (χ1) is 11.6. The summed E-state index contributed by atoms with van der Waals surface area (Å²) in [5.74, 6) is -0.608. The second-order valence-electron chi connectivity index (χ2n) is 6.57. The molecule has 7 heteroatoms. The fraction of sp³-hybridized carbons (Fsp3) is 0.500. The van der Waals surface area contributed by atoms with Crippen LogP contribution in [0.4, 0.5) is 4.79 Å². The summed E-state index contributed by atoms with van der Waals surface area (Å²) < 4.78 is 10.5. The van der Waals surface area contributed by atoms with Gasteiger partial charge in [-0.3, -0.25) is 14.9 Å². The smallest absolute Gasteiger partial charge is 0.321 e. The molecule has 0 saturated carbocycles. The van der Waals surface area contributed by atoms with Crippen LogP contribution in [0.1, 0.15) is 39.7 Å². The molecule has 25 heavy (non-hydrogen) atoms. The van der Waals surface area contributed by atoms with Crippen LogP contribution in [-0.2, 0) is 19.7 Å². The van der Waals surface area contributed by atoms with Crippen molar-refractivity contribution in [2.75, 3.05) is 13.7 Å². The fourth-order valence-corrected chi connectivity index (χ4v) is 1.89. The predicted molar refractivity (Wildman–Crippen MR) is 93.4 cm³/mol. The van der Waals surface area contributed by atoms with Gasteiger partial charge in [0.25, 0.3) is 5.91 Å². The van der Waals surface area contributed by atoms with Crippen LogP contribution in [0.5, 0.6) is 5.75 Å². The molecule has 0 heterocycles. The third-order valence-electron chi connectivity index (χ3n) is 3.44. The average molecular weight is 350 g/mol. The van der Waals surface area contributed by atoms with Crippen molar-refractivity contribution in [2.24, 2.45) is 0 Å². The highest BCUT2D eigenvalue weighted by Crippen LogP contribution is 2.24. The molecule has 7 nitrogen and oxygen atoms in total. The van der Waals surface area contributed by atoms with Crippen molar-refractivity contribution in [1.82, 2.24) is 10.6 Å². The molecule has 1 aromatic carbocycles. The van der Waals surface area contributed by atoms with Crippen LogP contribution in [0.3, 0.4) is 0 Å². The number of hydrogen-bond acceptors (Lipinski definition) is 5. The fourth-order valence-electron chi connectivity index (χ4n) is 1.89. The van der Waals surface area contributed by atoms with Crippen LogP contribution in [0.2, 0.25) is 0 Å². The Morgan fingerprint density at radius 1 is 1.12 bits per heavy atom. The highest BCUT2D eigenvalue weighted by atomic mass is 16.5. The zero-order valence-electron chi connectivity index (χ0n) is 15.3. The third-order valence-corrected chi connectivity index (χ3v) is 3.44. The van der Waals surface area contributed by atoms with E-state index in [1.165, 1.54) is 19.5 Å². The molecule has 1 rings (SSSR count). The van der Waals surface area contributed by atoms with E-state index < -0.39 is 24.0 Å². The van der Waals surface area contributed by atoms with Gasteiger partial charge in [0.2, 0.25) is 0 Å². The zero-order chi connectivity index (χ0) is 19.0. The quantitative estimate of drug-likeness (QED) is 0.767. The Bertz CT molecular complexity index is 605. The second-order valence-corrected chi connectivity index (χ2v) is 6.57. The minimum Gasteiger partial charge on any atom is -0.493 e. The summed E-state index contributed by atoms with van der Waals surface area (Å²) in [6, 6.07) is 7.02. The molecule has 2 N–H and O–H groups in total. The molecule has 0 fully saturated rings. The minimum atomic E-state index is -1.06. The lowest BCUT2D eigenvalue weighted by molar-refractivity contribution is -0.154. The normalized spacial score (nSPS) is 12.0. The number of carbonyl (C=O) groups is 3. The summed E-state index contributed by atoms with van der Waals surface area (Å²) in [5, 5.41) is 4.27. The van der Waals surface area contributed by atoms with E-state index in [0.29, 0.717) is 5.75 Å². The maximum absolute atomic E-state index is 11.7. The van der Waals surface area contributed by atoms with E-state index in [4.69, 9.17) is 9.47 Å². The maximum Gasteiger partial charge on any atom is 0.321 e. The summed E-state index contributed by atoms with van der Waals surface area (Å²) in [6.07, 6.45) is -1.06. The number of amides is 3. The summed E-state index contributed by atoms with van der Waals surface area (Å²) in [4.78, 5) is 34.3. The third kappa shape index (κ3) is 7.24. The van der Waals surface area contributed by atoms with Crippen LogP contribution < -0.4 is 15.4 Å². The number of benzene rings is 1. The van der Waals surface area contributed by atoms with Gasteiger partial charge in [0.1, 0.15) is 5.75 Å². The lowest BCUT2D eigenvalue weighted by atomic mass is 9.87. The van der Waals surface area contributed by atoms with Crippen molar-refractivity contribution in [1.29, 1.82) is 0 Å². The van der Waals surface area contributed by atoms with E-state index in [1.54, 1.807) is 0 Å². The SMILES string of the molecule is CNC(=O)NC(=O)[C@H](C)OC(=O)CCOc1ccc(C(C)(C)C)cc1. The van der Waals surface area contributed by atoms with Gasteiger partial charge in [-0.05, 0) is 30.0 Å². The highest BCUT2D eigenvalue weighted by Gasteiger charge is 2.19. The lowest BCUT2D eigenvalue weighted by Gasteiger charge is -2.19. The topological polar surface area (TPSA) is 93.7 Å². The van der Waals surface area contributed by atoms with E-state index in [0.717, 1.165) is 0 Å². The Hall–Kier alpha value is -2.57. The molecule has 0 aromatic heterocycles. The number of esters is 1. The summed E-state index contributed by atoms with van der Waals surface area (Å²) in [5.41, 5.74) is 1.25. The number of nitrogens with one attached hydrogen (secondary N) is 2. The molecule has 0 spiro atoms. The minimum absolute atomic E-state index is 0.00137. The zero-order valence-corrected chi connectivity index (χ0v) is 15.3. The lowest BCUT2D eigenvalue weighted by Crippen LogP contribution is -2.43. The molecule has 0 saturated heterocycles. The molecule has 0 unspecified atom stereocenters. The summed E-state index contributed by atoms with van der Waals surface area (Å²) in [6.45, 7) is 7.90. The first-order valence-corrected chi connectivity index (χ1v) is 8.09. The van der Waals surface area contributed by atoms with Gasteiger partial charge < -0.3 is 14.8 Å². The number of ether oxygens (including phenoxy) is 2. The van der Waals surface area contributed by atoms with Gasteiger partial charge in [0.05, 0.1) is 13.0 Å². The Kier molecular flexibility index (Phi) is 7.42. The van der Waals surface area contributed by atoms with Crippen LogP contribution >= 0.6 is 0 Å². The van der Waals surface area contributed by atoms with Gasteiger partial charge >= 0.3 is 12.0 Å².